The maximum Gasteiger partial charge on any atom is 0.246 e. The van der Waals surface area contributed by atoms with Crippen molar-refractivity contribution in [3.8, 4) is 0 Å². The SMILES string of the molecule is CSCCC(NC=O)C(=O)NC1CC(C)N(C(Cc2ccccc2)C(C)=O)C1=O. The summed E-state index contributed by atoms with van der Waals surface area (Å²) in [6.45, 7) is 3.38. The molecule has 8 heteroatoms. The zero-order valence-corrected chi connectivity index (χ0v) is 17.9. The van der Waals surface area contributed by atoms with Crippen LogP contribution in [0.2, 0.25) is 0 Å². The van der Waals surface area contributed by atoms with E-state index in [4.69, 9.17) is 0 Å². The van der Waals surface area contributed by atoms with Gasteiger partial charge in [0.15, 0.2) is 5.78 Å². The number of ketones is 1. The average molecular weight is 420 g/mol. The van der Waals surface area contributed by atoms with E-state index in [0.29, 0.717) is 31.4 Å². The molecular formula is C21H29N3O4S. The molecule has 7 nitrogen and oxygen atoms in total. The Hall–Kier alpha value is -2.35. The molecule has 0 bridgehead atoms. The number of thioether (sulfide) groups is 1. The lowest BCUT2D eigenvalue weighted by molar-refractivity contribution is -0.139. The van der Waals surface area contributed by atoms with Crippen LogP contribution < -0.4 is 10.6 Å². The Balaban J connectivity index is 2.10. The predicted molar refractivity (Wildman–Crippen MR) is 113 cm³/mol. The van der Waals surface area contributed by atoms with Crippen LogP contribution in [0.15, 0.2) is 30.3 Å². The third-order valence-electron chi connectivity index (χ3n) is 5.19. The second-order valence-corrected chi connectivity index (χ2v) is 8.31. The van der Waals surface area contributed by atoms with Gasteiger partial charge >= 0.3 is 0 Å². The summed E-state index contributed by atoms with van der Waals surface area (Å²) in [4.78, 5) is 50.4. The molecule has 1 aromatic carbocycles. The van der Waals surface area contributed by atoms with Gasteiger partial charge in [0.25, 0.3) is 0 Å². The summed E-state index contributed by atoms with van der Waals surface area (Å²) in [5, 5.41) is 5.29. The highest BCUT2D eigenvalue weighted by atomic mass is 32.2. The molecule has 4 atom stereocenters. The maximum atomic E-state index is 13.0. The molecule has 1 fully saturated rings. The van der Waals surface area contributed by atoms with Crippen molar-refractivity contribution < 1.29 is 19.2 Å². The van der Waals surface area contributed by atoms with Crippen LogP contribution in [0.3, 0.4) is 0 Å². The largest absolute Gasteiger partial charge is 0.347 e. The molecular weight excluding hydrogens is 390 g/mol. The van der Waals surface area contributed by atoms with E-state index >= 15 is 0 Å². The number of carbonyl (C=O) groups is 4. The standard InChI is InChI=1S/C21H29N3O4S/c1-14-11-18(23-20(27)17(22-13-25)9-10-29-3)21(28)24(14)19(15(2)26)12-16-7-5-4-6-8-16/h4-8,13-14,17-19H,9-12H2,1-3H3,(H,22,25)(H,23,27). The van der Waals surface area contributed by atoms with Crippen molar-refractivity contribution in [1.82, 2.24) is 15.5 Å². The van der Waals surface area contributed by atoms with E-state index in [1.807, 2.05) is 43.5 Å². The third kappa shape index (κ3) is 6.06. The zero-order chi connectivity index (χ0) is 21.4. The van der Waals surface area contributed by atoms with Gasteiger partial charge in [-0.2, -0.15) is 11.8 Å². The number of rotatable bonds is 11. The summed E-state index contributed by atoms with van der Waals surface area (Å²) in [5.74, 6) is 0.00277. The molecule has 0 spiro atoms. The zero-order valence-electron chi connectivity index (χ0n) is 17.1. The summed E-state index contributed by atoms with van der Waals surface area (Å²) in [5.41, 5.74) is 0.979. The minimum absolute atomic E-state index is 0.0819. The van der Waals surface area contributed by atoms with Crippen molar-refractivity contribution in [1.29, 1.82) is 0 Å². The van der Waals surface area contributed by atoms with Gasteiger partial charge in [0.2, 0.25) is 18.2 Å². The fraction of sp³-hybridized carbons (Fsp3) is 0.524. The van der Waals surface area contributed by atoms with Gasteiger partial charge in [-0.3, -0.25) is 19.2 Å². The number of hydrogen-bond donors (Lipinski definition) is 2. The van der Waals surface area contributed by atoms with Gasteiger partial charge < -0.3 is 15.5 Å². The molecule has 1 saturated heterocycles. The number of amides is 3. The first-order valence-corrected chi connectivity index (χ1v) is 11.1. The molecule has 2 N–H and O–H groups in total. The summed E-state index contributed by atoms with van der Waals surface area (Å²) < 4.78 is 0. The highest BCUT2D eigenvalue weighted by molar-refractivity contribution is 7.98. The van der Waals surface area contributed by atoms with Gasteiger partial charge in [-0.1, -0.05) is 30.3 Å². The smallest absolute Gasteiger partial charge is 0.246 e. The normalized spacial score (nSPS) is 20.8. The molecule has 0 aliphatic carbocycles. The molecule has 1 aromatic rings. The van der Waals surface area contributed by atoms with Gasteiger partial charge in [0, 0.05) is 6.04 Å². The van der Waals surface area contributed by atoms with Crippen molar-refractivity contribution in [3.63, 3.8) is 0 Å². The Bertz CT molecular complexity index is 728. The monoisotopic (exact) mass is 419 g/mol. The molecule has 158 valence electrons. The molecule has 4 unspecified atom stereocenters. The van der Waals surface area contributed by atoms with Crippen molar-refractivity contribution in [2.24, 2.45) is 0 Å². The molecule has 2 rings (SSSR count). The second kappa shape index (κ2) is 11.0. The molecule has 29 heavy (non-hydrogen) atoms. The fourth-order valence-electron chi connectivity index (χ4n) is 3.69. The van der Waals surface area contributed by atoms with E-state index in [-0.39, 0.29) is 23.6 Å². The van der Waals surface area contributed by atoms with Crippen molar-refractivity contribution >= 4 is 35.8 Å². The van der Waals surface area contributed by atoms with Crippen LogP contribution in [0.25, 0.3) is 0 Å². The Morgan fingerprint density at radius 2 is 2.00 bits per heavy atom. The molecule has 0 aromatic heterocycles. The second-order valence-electron chi connectivity index (χ2n) is 7.33. The number of Topliss-reactive ketones (excluding diaryl/α,β-unsaturated/α-hetero) is 1. The number of nitrogens with one attached hydrogen (secondary N) is 2. The molecule has 0 saturated carbocycles. The first kappa shape index (κ1) is 22.9. The summed E-state index contributed by atoms with van der Waals surface area (Å²) in [7, 11) is 0. The first-order valence-electron chi connectivity index (χ1n) is 9.74. The minimum Gasteiger partial charge on any atom is -0.347 e. The van der Waals surface area contributed by atoms with E-state index in [1.165, 1.54) is 6.92 Å². The van der Waals surface area contributed by atoms with Crippen LogP contribution in [0.1, 0.15) is 32.3 Å². The van der Waals surface area contributed by atoms with E-state index in [1.54, 1.807) is 16.7 Å². The van der Waals surface area contributed by atoms with E-state index in [2.05, 4.69) is 10.6 Å². The van der Waals surface area contributed by atoms with Gasteiger partial charge in [0.1, 0.15) is 12.1 Å². The maximum absolute atomic E-state index is 13.0. The summed E-state index contributed by atoms with van der Waals surface area (Å²) in [6.07, 6.45) is 3.78. The topological polar surface area (TPSA) is 95.6 Å². The highest BCUT2D eigenvalue weighted by Gasteiger charge is 2.43. The predicted octanol–water partition coefficient (Wildman–Crippen LogP) is 1.16. The van der Waals surface area contributed by atoms with E-state index in [9.17, 15) is 19.2 Å². The lowest BCUT2D eigenvalue weighted by Gasteiger charge is -2.30. The quantitative estimate of drug-likeness (QED) is 0.525. The van der Waals surface area contributed by atoms with Crippen LogP contribution in [0.4, 0.5) is 0 Å². The molecule has 1 aliphatic heterocycles. The number of nitrogens with zero attached hydrogens (tertiary/aromatic N) is 1. The van der Waals surface area contributed by atoms with Gasteiger partial charge in [-0.25, -0.2) is 0 Å². The molecule has 3 amide bonds. The van der Waals surface area contributed by atoms with Gasteiger partial charge in [-0.15, -0.1) is 0 Å². The van der Waals surface area contributed by atoms with Crippen molar-refractivity contribution in [2.45, 2.75) is 57.3 Å². The Labute approximate surface area is 176 Å². The Morgan fingerprint density at radius 1 is 1.31 bits per heavy atom. The Morgan fingerprint density at radius 3 is 2.59 bits per heavy atom. The summed E-state index contributed by atoms with van der Waals surface area (Å²) in [6, 6.07) is 7.46. The molecule has 1 heterocycles. The lowest BCUT2D eigenvalue weighted by atomic mass is 10.0. The van der Waals surface area contributed by atoms with Crippen molar-refractivity contribution in [2.75, 3.05) is 12.0 Å². The van der Waals surface area contributed by atoms with Crippen LogP contribution in [-0.4, -0.2) is 65.1 Å². The summed E-state index contributed by atoms with van der Waals surface area (Å²) >= 11 is 1.58. The number of likely N-dealkylation sites (tertiary alicyclic amines) is 1. The lowest BCUT2D eigenvalue weighted by Crippen LogP contribution is -2.52. The molecule has 0 radical (unpaired) electrons. The van der Waals surface area contributed by atoms with E-state index < -0.39 is 18.1 Å². The number of hydrogen-bond acceptors (Lipinski definition) is 5. The highest BCUT2D eigenvalue weighted by Crippen LogP contribution is 2.24. The average Bonchev–Trinajstić information content (AvgIpc) is 2.97. The first-order chi connectivity index (χ1) is 13.9. The fourth-order valence-corrected chi connectivity index (χ4v) is 4.16. The van der Waals surface area contributed by atoms with Crippen LogP contribution >= 0.6 is 11.8 Å². The van der Waals surface area contributed by atoms with E-state index in [0.717, 1.165) is 5.56 Å². The van der Waals surface area contributed by atoms with Gasteiger partial charge in [0.05, 0.1) is 6.04 Å². The minimum atomic E-state index is -0.694. The van der Waals surface area contributed by atoms with Crippen LogP contribution in [0.5, 0.6) is 0 Å². The number of carbonyl (C=O) groups excluding carboxylic acids is 4. The van der Waals surface area contributed by atoms with Crippen LogP contribution in [-0.2, 0) is 25.6 Å². The Kier molecular flexibility index (Phi) is 8.70. The molecule has 1 aliphatic rings. The van der Waals surface area contributed by atoms with Crippen LogP contribution in [0, 0.1) is 0 Å². The third-order valence-corrected chi connectivity index (χ3v) is 5.84. The van der Waals surface area contributed by atoms with Gasteiger partial charge in [-0.05, 0) is 50.7 Å². The number of benzene rings is 1. The van der Waals surface area contributed by atoms with Crippen molar-refractivity contribution in [3.05, 3.63) is 35.9 Å².